The molecule has 0 aliphatic rings. The third kappa shape index (κ3) is 15.6. The van der Waals surface area contributed by atoms with Gasteiger partial charge in [-0.05, 0) is 36.8 Å². The van der Waals surface area contributed by atoms with E-state index in [9.17, 15) is 17.8 Å². The number of hydrogen-bond donors (Lipinski definition) is 1. The van der Waals surface area contributed by atoms with Crippen molar-refractivity contribution >= 4 is 21.0 Å². The zero-order chi connectivity index (χ0) is 27.2. The van der Waals surface area contributed by atoms with Gasteiger partial charge in [0.2, 0.25) is 0 Å². The topological polar surface area (TPSA) is 71.4 Å². The van der Waals surface area contributed by atoms with Crippen molar-refractivity contribution < 1.29 is 17.8 Å². The van der Waals surface area contributed by atoms with Crippen molar-refractivity contribution in [1.29, 1.82) is 0 Å². The summed E-state index contributed by atoms with van der Waals surface area (Å²) in [6.45, 7) is 4.49. The molecule has 0 heterocycles. The van der Waals surface area contributed by atoms with Crippen LogP contribution in [-0.2, 0) is 27.8 Å². The van der Waals surface area contributed by atoms with Crippen LogP contribution in [0.5, 0.6) is 0 Å². The minimum absolute atomic E-state index is 0.331. The summed E-state index contributed by atoms with van der Waals surface area (Å²) in [4.78, 5) is 10.9. The van der Waals surface area contributed by atoms with Gasteiger partial charge in [-0.15, -0.1) is 0 Å². The Balaban J connectivity index is 2.60. The molecular formula is C32H54O4S. The van der Waals surface area contributed by atoms with E-state index in [2.05, 4.69) is 19.9 Å². The van der Waals surface area contributed by atoms with Crippen LogP contribution in [0.4, 0.5) is 0 Å². The van der Waals surface area contributed by atoms with E-state index in [-0.39, 0.29) is 0 Å². The quantitative estimate of drug-likeness (QED) is 0.0814. The molecule has 0 aromatic heterocycles. The predicted molar refractivity (Wildman–Crippen MR) is 158 cm³/mol. The predicted octanol–water partition coefficient (Wildman–Crippen LogP) is 9.67. The second kappa shape index (κ2) is 21.5. The molecule has 1 N–H and O–H groups in total. The summed E-state index contributed by atoms with van der Waals surface area (Å²) in [6.07, 6.45) is 26.6. The number of rotatable bonds is 24. The van der Waals surface area contributed by atoms with E-state index in [1.54, 1.807) is 12.1 Å². The number of aryl methyl sites for hydroxylation is 1. The van der Waals surface area contributed by atoms with Crippen LogP contribution in [0.2, 0.25) is 0 Å². The van der Waals surface area contributed by atoms with Gasteiger partial charge in [-0.2, -0.15) is 8.42 Å². The van der Waals surface area contributed by atoms with E-state index in [0.717, 1.165) is 49.7 Å². The number of hydrogen-bond acceptors (Lipinski definition) is 3. The highest BCUT2D eigenvalue weighted by molar-refractivity contribution is 7.95. The Morgan fingerprint density at radius 2 is 1.05 bits per heavy atom. The molecule has 1 aromatic carbocycles. The van der Waals surface area contributed by atoms with Crippen LogP contribution in [-0.4, -0.2) is 18.9 Å². The van der Waals surface area contributed by atoms with Gasteiger partial charge in [0.15, 0.2) is 4.91 Å². The average molecular weight is 535 g/mol. The third-order valence-electron chi connectivity index (χ3n) is 7.45. The normalized spacial score (nSPS) is 11.5. The molecule has 0 amide bonds. The fraction of sp³-hybridized carbons (Fsp3) is 0.750. The molecule has 0 saturated heterocycles. The first-order valence-electron chi connectivity index (χ1n) is 15.3. The second-order valence-corrected chi connectivity index (χ2v) is 12.1. The molecule has 1 rings (SSSR count). The molecule has 4 nitrogen and oxygen atoms in total. The third-order valence-corrected chi connectivity index (χ3v) is 8.27. The van der Waals surface area contributed by atoms with Crippen LogP contribution in [0.3, 0.4) is 0 Å². The fourth-order valence-electron chi connectivity index (χ4n) is 5.22. The SMILES string of the molecule is CCCCCCCCCCCCc1cccc(C(=C=O)S(=O)(=O)O)c1CCCCCCCCCCCC. The van der Waals surface area contributed by atoms with Crippen molar-refractivity contribution in [1.82, 2.24) is 0 Å². The Labute approximate surface area is 228 Å². The van der Waals surface area contributed by atoms with Crippen LogP contribution in [0.1, 0.15) is 159 Å². The van der Waals surface area contributed by atoms with Gasteiger partial charge in [-0.25, -0.2) is 4.79 Å². The number of carbonyl (C=O) groups excluding carboxylic acids is 1. The molecule has 0 spiro atoms. The van der Waals surface area contributed by atoms with Crippen LogP contribution in [0.25, 0.3) is 4.91 Å². The molecular weight excluding hydrogens is 480 g/mol. The van der Waals surface area contributed by atoms with E-state index in [0.29, 0.717) is 5.56 Å². The van der Waals surface area contributed by atoms with Gasteiger partial charge >= 0.3 is 10.1 Å². The van der Waals surface area contributed by atoms with Crippen LogP contribution >= 0.6 is 0 Å². The Morgan fingerprint density at radius 3 is 1.46 bits per heavy atom. The van der Waals surface area contributed by atoms with Gasteiger partial charge in [-0.3, -0.25) is 4.55 Å². The van der Waals surface area contributed by atoms with Gasteiger partial charge in [-0.1, -0.05) is 148 Å². The summed E-state index contributed by atoms with van der Waals surface area (Å²) in [6, 6.07) is 5.49. The standard InChI is InChI=1S/C32H54O4S/c1-3-5-7-9-11-13-15-17-19-21-24-29-25-23-27-31(32(28-33)37(34,35)36)30(29)26-22-20-18-16-14-12-10-8-6-4-2/h23,25,27H,3-22,24,26H2,1-2H3,(H,34,35,36). The lowest BCUT2D eigenvalue weighted by Gasteiger charge is -2.15. The highest BCUT2D eigenvalue weighted by Crippen LogP contribution is 2.28. The Morgan fingerprint density at radius 1 is 0.649 bits per heavy atom. The molecule has 37 heavy (non-hydrogen) atoms. The first kappa shape index (κ1) is 33.6. The van der Waals surface area contributed by atoms with Gasteiger partial charge < -0.3 is 0 Å². The fourth-order valence-corrected chi connectivity index (χ4v) is 5.79. The largest absolute Gasteiger partial charge is 0.305 e. The summed E-state index contributed by atoms with van der Waals surface area (Å²) >= 11 is 0. The van der Waals surface area contributed by atoms with Gasteiger partial charge in [0.25, 0.3) is 0 Å². The molecule has 0 aliphatic carbocycles. The molecule has 0 radical (unpaired) electrons. The van der Waals surface area contributed by atoms with Crippen molar-refractivity contribution in [2.45, 2.75) is 155 Å². The molecule has 0 aliphatic heterocycles. The molecule has 5 heteroatoms. The average Bonchev–Trinajstić information content (AvgIpc) is 2.87. The van der Waals surface area contributed by atoms with E-state index in [1.165, 1.54) is 109 Å². The van der Waals surface area contributed by atoms with Gasteiger partial charge in [0, 0.05) is 5.56 Å². The van der Waals surface area contributed by atoms with E-state index in [4.69, 9.17) is 0 Å². The van der Waals surface area contributed by atoms with E-state index >= 15 is 0 Å². The van der Waals surface area contributed by atoms with Crippen molar-refractivity contribution in [3.05, 3.63) is 34.9 Å². The smallest absolute Gasteiger partial charge is 0.281 e. The summed E-state index contributed by atoms with van der Waals surface area (Å²) in [5.41, 5.74) is 2.33. The zero-order valence-corrected chi connectivity index (χ0v) is 24.7. The Bertz CT molecular complexity index is 869. The van der Waals surface area contributed by atoms with Gasteiger partial charge in [0.05, 0.1) is 0 Å². The van der Waals surface area contributed by atoms with Crippen molar-refractivity contribution in [3.63, 3.8) is 0 Å². The van der Waals surface area contributed by atoms with E-state index < -0.39 is 15.0 Å². The van der Waals surface area contributed by atoms with Crippen LogP contribution < -0.4 is 0 Å². The monoisotopic (exact) mass is 534 g/mol. The summed E-state index contributed by atoms with van der Waals surface area (Å²) < 4.78 is 33.4. The lowest BCUT2D eigenvalue weighted by Crippen LogP contribution is -2.07. The minimum Gasteiger partial charge on any atom is -0.281 e. The zero-order valence-electron chi connectivity index (χ0n) is 23.9. The maximum atomic E-state index is 11.9. The molecule has 0 atom stereocenters. The maximum absolute atomic E-state index is 11.9. The lowest BCUT2D eigenvalue weighted by atomic mass is 9.92. The lowest BCUT2D eigenvalue weighted by molar-refractivity contribution is 0.496. The first-order valence-corrected chi connectivity index (χ1v) is 16.7. The molecule has 1 aromatic rings. The highest BCUT2D eigenvalue weighted by atomic mass is 32.2. The second-order valence-electron chi connectivity index (χ2n) is 10.7. The Hall–Kier alpha value is -1.42. The number of benzene rings is 1. The Kier molecular flexibility index (Phi) is 19.5. The highest BCUT2D eigenvalue weighted by Gasteiger charge is 2.22. The van der Waals surface area contributed by atoms with Crippen molar-refractivity contribution in [2.24, 2.45) is 0 Å². The summed E-state index contributed by atoms with van der Waals surface area (Å²) in [7, 11) is -4.61. The molecule has 212 valence electrons. The first-order chi connectivity index (χ1) is 18.0. The molecule has 0 saturated carbocycles. The van der Waals surface area contributed by atoms with Gasteiger partial charge in [0.1, 0.15) is 5.94 Å². The van der Waals surface area contributed by atoms with Crippen molar-refractivity contribution in [3.8, 4) is 0 Å². The minimum atomic E-state index is -4.61. The van der Waals surface area contributed by atoms with Crippen molar-refractivity contribution in [2.75, 3.05) is 0 Å². The maximum Gasteiger partial charge on any atom is 0.305 e. The molecule has 0 bridgehead atoms. The van der Waals surface area contributed by atoms with Crippen LogP contribution in [0.15, 0.2) is 18.2 Å². The number of unbranched alkanes of at least 4 members (excludes halogenated alkanes) is 18. The molecule has 0 unspecified atom stereocenters. The summed E-state index contributed by atoms with van der Waals surface area (Å²) in [5.74, 6) is 1.50. The van der Waals surface area contributed by atoms with Crippen LogP contribution in [0, 0.1) is 0 Å². The molecule has 0 fully saturated rings. The summed E-state index contributed by atoms with van der Waals surface area (Å²) in [5, 5.41) is 0. The van der Waals surface area contributed by atoms with E-state index in [1.807, 2.05) is 0 Å².